The van der Waals surface area contributed by atoms with E-state index in [0.29, 0.717) is 5.92 Å². The van der Waals surface area contributed by atoms with Gasteiger partial charge in [0.15, 0.2) is 11.5 Å². The van der Waals surface area contributed by atoms with Crippen LogP contribution in [0.1, 0.15) is 44.7 Å². The first kappa shape index (κ1) is 14.8. The molecule has 1 atom stereocenters. The molecule has 0 heterocycles. The zero-order chi connectivity index (χ0) is 13.5. The molecule has 2 N–H and O–H groups in total. The predicted molar refractivity (Wildman–Crippen MR) is 75.2 cm³/mol. The summed E-state index contributed by atoms with van der Waals surface area (Å²) in [7, 11) is 3.29. The molecule has 0 aliphatic carbocycles. The minimum Gasteiger partial charge on any atom is -0.493 e. The van der Waals surface area contributed by atoms with Crippen LogP contribution in [-0.4, -0.2) is 14.2 Å². The third kappa shape index (κ3) is 3.64. The minimum atomic E-state index is 0.0645. The lowest BCUT2D eigenvalue weighted by molar-refractivity contribution is 0.353. The van der Waals surface area contributed by atoms with Crippen molar-refractivity contribution in [2.45, 2.75) is 39.2 Å². The van der Waals surface area contributed by atoms with E-state index in [1.54, 1.807) is 14.2 Å². The summed E-state index contributed by atoms with van der Waals surface area (Å²) in [4.78, 5) is 0. The fraction of sp³-hybridized carbons (Fsp3) is 0.600. The van der Waals surface area contributed by atoms with E-state index in [0.717, 1.165) is 23.5 Å². The normalized spacial score (nSPS) is 12.6. The fourth-order valence-electron chi connectivity index (χ4n) is 2.20. The van der Waals surface area contributed by atoms with E-state index in [-0.39, 0.29) is 6.04 Å². The molecule has 1 rings (SSSR count). The molecular weight excluding hydrogens is 226 g/mol. The van der Waals surface area contributed by atoms with Crippen molar-refractivity contribution < 1.29 is 9.47 Å². The van der Waals surface area contributed by atoms with Gasteiger partial charge in [-0.15, -0.1) is 0 Å². The van der Waals surface area contributed by atoms with Crippen LogP contribution in [0.15, 0.2) is 18.2 Å². The third-order valence-corrected chi connectivity index (χ3v) is 3.58. The molecule has 0 bridgehead atoms. The van der Waals surface area contributed by atoms with Crippen LogP contribution in [0.5, 0.6) is 11.5 Å². The van der Waals surface area contributed by atoms with Gasteiger partial charge >= 0.3 is 0 Å². The van der Waals surface area contributed by atoms with E-state index in [4.69, 9.17) is 15.2 Å². The monoisotopic (exact) mass is 251 g/mol. The van der Waals surface area contributed by atoms with Crippen molar-refractivity contribution >= 4 is 0 Å². The number of nitrogens with two attached hydrogens (primary N) is 1. The van der Waals surface area contributed by atoms with Gasteiger partial charge in [-0.25, -0.2) is 0 Å². The molecule has 3 heteroatoms. The van der Waals surface area contributed by atoms with Crippen LogP contribution in [0.3, 0.4) is 0 Å². The SMILES string of the molecule is CCC(CC)CC(N)c1ccc(OC)c(OC)c1. The van der Waals surface area contributed by atoms with Gasteiger partial charge in [0.05, 0.1) is 14.2 Å². The van der Waals surface area contributed by atoms with Gasteiger partial charge in [0.25, 0.3) is 0 Å². The molecule has 1 unspecified atom stereocenters. The Hall–Kier alpha value is -1.22. The molecule has 1 aromatic carbocycles. The van der Waals surface area contributed by atoms with Gasteiger partial charge in [0.2, 0.25) is 0 Å². The summed E-state index contributed by atoms with van der Waals surface area (Å²) >= 11 is 0. The fourth-order valence-corrected chi connectivity index (χ4v) is 2.20. The van der Waals surface area contributed by atoms with Crippen molar-refractivity contribution in [1.29, 1.82) is 0 Å². The molecule has 0 fully saturated rings. The molecule has 3 nitrogen and oxygen atoms in total. The topological polar surface area (TPSA) is 44.5 Å². The van der Waals surface area contributed by atoms with Crippen LogP contribution in [0.25, 0.3) is 0 Å². The molecule has 0 amide bonds. The van der Waals surface area contributed by atoms with Crippen molar-refractivity contribution in [2.75, 3.05) is 14.2 Å². The first-order valence-corrected chi connectivity index (χ1v) is 6.63. The molecule has 0 spiro atoms. The van der Waals surface area contributed by atoms with Gasteiger partial charge in [-0.05, 0) is 30.0 Å². The molecule has 0 aliphatic heterocycles. The summed E-state index contributed by atoms with van der Waals surface area (Å²) in [6.07, 6.45) is 3.37. The molecular formula is C15H25NO2. The lowest BCUT2D eigenvalue weighted by atomic mass is 9.91. The Balaban J connectivity index is 2.82. The van der Waals surface area contributed by atoms with Crippen LogP contribution >= 0.6 is 0 Å². The van der Waals surface area contributed by atoms with Gasteiger partial charge < -0.3 is 15.2 Å². The van der Waals surface area contributed by atoms with Gasteiger partial charge in [-0.1, -0.05) is 32.8 Å². The summed E-state index contributed by atoms with van der Waals surface area (Å²) in [5, 5.41) is 0. The van der Waals surface area contributed by atoms with Crippen LogP contribution in [0.2, 0.25) is 0 Å². The second-order valence-electron chi connectivity index (χ2n) is 4.64. The van der Waals surface area contributed by atoms with E-state index in [1.165, 1.54) is 12.8 Å². The molecule has 0 saturated carbocycles. The largest absolute Gasteiger partial charge is 0.493 e. The highest BCUT2D eigenvalue weighted by Crippen LogP contribution is 2.31. The van der Waals surface area contributed by atoms with E-state index in [2.05, 4.69) is 13.8 Å². The summed E-state index contributed by atoms with van der Waals surface area (Å²) < 4.78 is 10.5. The first-order chi connectivity index (χ1) is 8.65. The van der Waals surface area contributed by atoms with Crippen LogP contribution in [0, 0.1) is 5.92 Å². The van der Waals surface area contributed by atoms with E-state index >= 15 is 0 Å². The van der Waals surface area contributed by atoms with E-state index < -0.39 is 0 Å². The molecule has 1 aromatic rings. The van der Waals surface area contributed by atoms with Gasteiger partial charge in [0, 0.05) is 6.04 Å². The number of hydrogen-bond donors (Lipinski definition) is 1. The average Bonchev–Trinajstić information content (AvgIpc) is 2.43. The zero-order valence-electron chi connectivity index (χ0n) is 11.9. The number of methoxy groups -OCH3 is 2. The quantitative estimate of drug-likeness (QED) is 0.806. The first-order valence-electron chi connectivity index (χ1n) is 6.63. The Morgan fingerprint density at radius 3 is 2.17 bits per heavy atom. The maximum Gasteiger partial charge on any atom is 0.161 e. The molecule has 18 heavy (non-hydrogen) atoms. The number of benzene rings is 1. The number of hydrogen-bond acceptors (Lipinski definition) is 3. The predicted octanol–water partition coefficient (Wildman–Crippen LogP) is 3.53. The third-order valence-electron chi connectivity index (χ3n) is 3.58. The van der Waals surface area contributed by atoms with Gasteiger partial charge in [-0.2, -0.15) is 0 Å². The Labute approximate surface area is 110 Å². The van der Waals surface area contributed by atoms with E-state index in [1.807, 2.05) is 18.2 Å². The highest BCUT2D eigenvalue weighted by Gasteiger charge is 2.14. The molecule has 0 aliphatic rings. The smallest absolute Gasteiger partial charge is 0.161 e. The van der Waals surface area contributed by atoms with Crippen LogP contribution in [-0.2, 0) is 0 Å². The second kappa shape index (κ2) is 7.27. The minimum absolute atomic E-state index is 0.0645. The zero-order valence-corrected chi connectivity index (χ0v) is 11.9. The van der Waals surface area contributed by atoms with Crippen LogP contribution in [0.4, 0.5) is 0 Å². The molecule has 102 valence electrons. The maximum atomic E-state index is 6.27. The van der Waals surface area contributed by atoms with Crippen LogP contribution < -0.4 is 15.2 Å². The Bertz CT molecular complexity index is 362. The standard InChI is InChI=1S/C15H25NO2/c1-5-11(6-2)9-13(16)12-7-8-14(17-3)15(10-12)18-4/h7-8,10-11,13H,5-6,9,16H2,1-4H3. The van der Waals surface area contributed by atoms with Crippen molar-refractivity contribution in [3.63, 3.8) is 0 Å². The van der Waals surface area contributed by atoms with Crippen molar-refractivity contribution in [3.8, 4) is 11.5 Å². The Morgan fingerprint density at radius 1 is 1.06 bits per heavy atom. The summed E-state index contributed by atoms with van der Waals surface area (Å²) in [5.41, 5.74) is 7.38. The summed E-state index contributed by atoms with van der Waals surface area (Å²) in [6, 6.07) is 5.98. The lowest BCUT2D eigenvalue weighted by Gasteiger charge is -2.19. The van der Waals surface area contributed by atoms with Gasteiger partial charge in [-0.3, -0.25) is 0 Å². The highest BCUT2D eigenvalue weighted by atomic mass is 16.5. The van der Waals surface area contributed by atoms with Crippen molar-refractivity contribution in [1.82, 2.24) is 0 Å². The highest BCUT2D eigenvalue weighted by molar-refractivity contribution is 5.43. The lowest BCUT2D eigenvalue weighted by Crippen LogP contribution is -2.15. The summed E-state index contributed by atoms with van der Waals surface area (Å²) in [5.74, 6) is 2.18. The van der Waals surface area contributed by atoms with Crippen molar-refractivity contribution in [2.24, 2.45) is 11.7 Å². The molecule has 0 aromatic heterocycles. The average molecular weight is 251 g/mol. The van der Waals surface area contributed by atoms with E-state index in [9.17, 15) is 0 Å². The molecule has 0 radical (unpaired) electrons. The van der Waals surface area contributed by atoms with Crippen molar-refractivity contribution in [3.05, 3.63) is 23.8 Å². The second-order valence-corrected chi connectivity index (χ2v) is 4.64. The Morgan fingerprint density at radius 2 is 1.67 bits per heavy atom. The maximum absolute atomic E-state index is 6.27. The number of rotatable bonds is 7. The Kier molecular flexibility index (Phi) is 5.99. The van der Waals surface area contributed by atoms with Gasteiger partial charge in [0.1, 0.15) is 0 Å². The summed E-state index contributed by atoms with van der Waals surface area (Å²) in [6.45, 7) is 4.44. The number of ether oxygens (including phenoxy) is 2. The molecule has 0 saturated heterocycles.